The smallest absolute Gasteiger partial charge is 0.261 e. The van der Waals surface area contributed by atoms with Crippen molar-refractivity contribution in [3.63, 3.8) is 0 Å². The number of benzene rings is 3. The van der Waals surface area contributed by atoms with Gasteiger partial charge in [0, 0.05) is 29.1 Å². The zero-order valence-corrected chi connectivity index (χ0v) is 21.4. The first kappa shape index (κ1) is 26.6. The molecule has 0 aliphatic rings. The van der Waals surface area contributed by atoms with Gasteiger partial charge in [0.15, 0.2) is 6.61 Å². The number of nitrogens with one attached hydrogen (secondary N) is 1. The summed E-state index contributed by atoms with van der Waals surface area (Å²) < 4.78 is 5.74. The molecule has 0 unspecified atom stereocenters. The lowest BCUT2D eigenvalue weighted by Crippen LogP contribution is -2.53. The highest BCUT2D eigenvalue weighted by molar-refractivity contribution is 6.30. The Morgan fingerprint density at radius 2 is 1.60 bits per heavy atom. The van der Waals surface area contributed by atoms with Crippen LogP contribution >= 0.6 is 23.2 Å². The van der Waals surface area contributed by atoms with E-state index in [0.29, 0.717) is 22.2 Å². The minimum absolute atomic E-state index is 0.0192. The van der Waals surface area contributed by atoms with Gasteiger partial charge in [-0.05, 0) is 60.9 Å². The van der Waals surface area contributed by atoms with Crippen molar-refractivity contribution in [2.24, 2.45) is 0 Å². The van der Waals surface area contributed by atoms with Gasteiger partial charge in [0.2, 0.25) is 5.91 Å². The summed E-state index contributed by atoms with van der Waals surface area (Å²) in [5.41, 5.74) is 1.78. The Labute approximate surface area is 217 Å². The quantitative estimate of drug-likeness (QED) is 0.346. The van der Waals surface area contributed by atoms with Gasteiger partial charge in [-0.1, -0.05) is 72.6 Å². The van der Waals surface area contributed by atoms with E-state index in [4.69, 9.17) is 27.9 Å². The van der Waals surface area contributed by atoms with Gasteiger partial charge in [-0.2, -0.15) is 0 Å². The molecule has 0 fully saturated rings. The van der Waals surface area contributed by atoms with Crippen LogP contribution in [0.3, 0.4) is 0 Å². The fourth-order valence-corrected chi connectivity index (χ4v) is 3.92. The molecule has 0 radical (unpaired) electrons. The number of hydrogen-bond acceptors (Lipinski definition) is 3. The molecule has 0 saturated heterocycles. The molecular formula is C28H30Cl2N2O3. The number of rotatable bonds is 11. The summed E-state index contributed by atoms with van der Waals surface area (Å²) in [6, 6.07) is 23.0. The maximum absolute atomic E-state index is 13.5. The van der Waals surface area contributed by atoms with Crippen LogP contribution in [-0.2, 0) is 22.6 Å². The number of hydrogen-bond donors (Lipinski definition) is 1. The molecule has 184 valence electrons. The van der Waals surface area contributed by atoms with Crippen molar-refractivity contribution in [1.29, 1.82) is 0 Å². The maximum Gasteiger partial charge on any atom is 0.261 e. The lowest BCUT2D eigenvalue weighted by atomic mass is 10.0. The predicted octanol–water partition coefficient (Wildman–Crippen LogP) is 5.93. The van der Waals surface area contributed by atoms with E-state index in [1.807, 2.05) is 56.3 Å². The third-order valence-electron chi connectivity index (χ3n) is 5.69. The monoisotopic (exact) mass is 512 g/mol. The summed E-state index contributed by atoms with van der Waals surface area (Å²) in [5.74, 6) is 0.0133. The van der Waals surface area contributed by atoms with Crippen LogP contribution in [0.4, 0.5) is 0 Å². The van der Waals surface area contributed by atoms with Crippen molar-refractivity contribution in [3.8, 4) is 5.75 Å². The Kier molecular flexibility index (Phi) is 10.0. The molecule has 0 aromatic heterocycles. The van der Waals surface area contributed by atoms with Crippen molar-refractivity contribution in [1.82, 2.24) is 10.2 Å². The average Bonchev–Trinajstić information content (AvgIpc) is 2.86. The summed E-state index contributed by atoms with van der Waals surface area (Å²) in [4.78, 5) is 28.5. The van der Waals surface area contributed by atoms with Crippen LogP contribution in [0.15, 0.2) is 78.9 Å². The molecule has 1 N–H and O–H groups in total. The van der Waals surface area contributed by atoms with E-state index in [0.717, 1.165) is 17.5 Å². The fraction of sp³-hybridized carbons (Fsp3) is 0.286. The van der Waals surface area contributed by atoms with Crippen molar-refractivity contribution in [3.05, 3.63) is 100 Å². The zero-order valence-electron chi connectivity index (χ0n) is 19.9. The highest BCUT2D eigenvalue weighted by Crippen LogP contribution is 2.19. The molecule has 5 nitrogen and oxygen atoms in total. The minimum Gasteiger partial charge on any atom is -0.484 e. The molecule has 3 rings (SSSR count). The number of nitrogens with zero attached hydrogens (tertiary/aromatic N) is 1. The van der Waals surface area contributed by atoms with Crippen molar-refractivity contribution < 1.29 is 14.3 Å². The molecule has 3 aromatic rings. The Balaban J connectivity index is 1.90. The van der Waals surface area contributed by atoms with Crippen LogP contribution in [0.2, 0.25) is 10.0 Å². The molecule has 2 atom stereocenters. The second-order valence-corrected chi connectivity index (χ2v) is 9.29. The van der Waals surface area contributed by atoms with Crippen molar-refractivity contribution in [2.75, 3.05) is 6.61 Å². The summed E-state index contributed by atoms with van der Waals surface area (Å²) in [5, 5.41) is 4.19. The van der Waals surface area contributed by atoms with E-state index >= 15 is 0 Å². The third kappa shape index (κ3) is 8.30. The summed E-state index contributed by atoms with van der Waals surface area (Å²) in [7, 11) is 0. The lowest BCUT2D eigenvalue weighted by Gasteiger charge is -2.32. The first-order valence-corrected chi connectivity index (χ1v) is 12.4. The first-order chi connectivity index (χ1) is 16.9. The van der Waals surface area contributed by atoms with Crippen LogP contribution in [0.25, 0.3) is 0 Å². The zero-order chi connectivity index (χ0) is 25.2. The molecule has 2 amide bonds. The summed E-state index contributed by atoms with van der Waals surface area (Å²) in [6.45, 7) is 3.95. The SMILES string of the molecule is CC[C@H](C)NC(=O)[C@H](Cc1ccccc1)N(Cc1cccc(Cl)c1)C(=O)COc1ccc(Cl)cc1. The number of halogens is 2. The van der Waals surface area contributed by atoms with Crippen molar-refractivity contribution >= 4 is 35.0 Å². The van der Waals surface area contributed by atoms with Gasteiger partial charge in [0.1, 0.15) is 11.8 Å². The number of ether oxygens (including phenoxy) is 1. The second kappa shape index (κ2) is 13.2. The van der Waals surface area contributed by atoms with Crippen LogP contribution in [0.5, 0.6) is 5.75 Å². The fourth-order valence-electron chi connectivity index (χ4n) is 3.59. The Hall–Kier alpha value is -3.02. The molecule has 0 aliphatic heterocycles. The second-order valence-electron chi connectivity index (χ2n) is 8.42. The Bertz CT molecular complexity index is 1110. The maximum atomic E-state index is 13.5. The van der Waals surface area contributed by atoms with Gasteiger partial charge in [0.25, 0.3) is 5.91 Å². The Morgan fingerprint density at radius 1 is 0.914 bits per heavy atom. The molecule has 0 bridgehead atoms. The molecule has 0 spiro atoms. The van der Waals surface area contributed by atoms with E-state index in [2.05, 4.69) is 5.32 Å². The number of amides is 2. The first-order valence-electron chi connectivity index (χ1n) is 11.6. The highest BCUT2D eigenvalue weighted by atomic mass is 35.5. The minimum atomic E-state index is -0.730. The summed E-state index contributed by atoms with van der Waals surface area (Å²) >= 11 is 12.2. The van der Waals surface area contributed by atoms with E-state index < -0.39 is 6.04 Å². The van der Waals surface area contributed by atoms with E-state index in [9.17, 15) is 9.59 Å². The van der Waals surface area contributed by atoms with Gasteiger partial charge < -0.3 is 15.0 Å². The number of carbonyl (C=O) groups is 2. The molecule has 7 heteroatoms. The molecular weight excluding hydrogens is 483 g/mol. The van der Waals surface area contributed by atoms with Crippen LogP contribution in [-0.4, -0.2) is 35.4 Å². The normalized spacial score (nSPS) is 12.5. The van der Waals surface area contributed by atoms with E-state index in [-0.39, 0.29) is 31.0 Å². The standard InChI is InChI=1S/C28H30Cl2N2O3/c1-3-20(2)31-28(34)26(17-21-8-5-4-6-9-21)32(18-22-10-7-11-24(30)16-22)27(33)19-35-25-14-12-23(29)13-15-25/h4-16,20,26H,3,17-19H2,1-2H3,(H,31,34)/t20-,26-/m0/s1. The largest absolute Gasteiger partial charge is 0.484 e. The highest BCUT2D eigenvalue weighted by Gasteiger charge is 2.31. The van der Waals surface area contributed by atoms with Crippen LogP contribution < -0.4 is 10.1 Å². The van der Waals surface area contributed by atoms with Gasteiger partial charge in [-0.15, -0.1) is 0 Å². The van der Waals surface area contributed by atoms with E-state index in [1.54, 1.807) is 41.3 Å². The molecule has 3 aromatic carbocycles. The topological polar surface area (TPSA) is 58.6 Å². The van der Waals surface area contributed by atoms with Gasteiger partial charge >= 0.3 is 0 Å². The molecule has 0 heterocycles. The lowest BCUT2D eigenvalue weighted by molar-refractivity contribution is -0.143. The third-order valence-corrected chi connectivity index (χ3v) is 6.18. The predicted molar refractivity (Wildman–Crippen MR) is 141 cm³/mol. The van der Waals surface area contributed by atoms with Gasteiger partial charge in [-0.3, -0.25) is 9.59 Å². The van der Waals surface area contributed by atoms with Crippen molar-refractivity contribution in [2.45, 2.75) is 45.3 Å². The van der Waals surface area contributed by atoms with Gasteiger partial charge in [-0.25, -0.2) is 0 Å². The summed E-state index contributed by atoms with van der Waals surface area (Å²) in [6.07, 6.45) is 1.15. The molecule has 35 heavy (non-hydrogen) atoms. The van der Waals surface area contributed by atoms with Crippen LogP contribution in [0.1, 0.15) is 31.4 Å². The average molecular weight is 513 g/mol. The number of carbonyl (C=O) groups excluding carboxylic acids is 2. The van der Waals surface area contributed by atoms with Gasteiger partial charge in [0.05, 0.1) is 0 Å². The molecule has 0 saturated carbocycles. The van der Waals surface area contributed by atoms with Crippen LogP contribution in [0, 0.1) is 0 Å². The molecule has 0 aliphatic carbocycles. The Morgan fingerprint density at radius 3 is 2.26 bits per heavy atom. The van der Waals surface area contributed by atoms with E-state index in [1.165, 1.54) is 0 Å².